The molecule has 3 aromatic rings. The molecule has 0 saturated heterocycles. The van der Waals surface area contributed by atoms with Crippen LogP contribution in [0.15, 0.2) is 48.5 Å². The number of carbonyl (C=O) groups excluding carboxylic acids is 1. The molecule has 1 aromatic heterocycles. The van der Waals surface area contributed by atoms with Crippen LogP contribution in [-0.2, 0) is 37.4 Å². The summed E-state index contributed by atoms with van der Waals surface area (Å²) in [6.45, 7) is 2.63. The average molecular weight is 411 g/mol. The van der Waals surface area contributed by atoms with E-state index in [2.05, 4.69) is 15.6 Å². The first kappa shape index (κ1) is 20.2. The zero-order valence-electron chi connectivity index (χ0n) is 16.5. The molecule has 8 heteroatoms. The first-order valence-electron chi connectivity index (χ1n) is 9.97. The number of aromatic nitrogens is 3. The molecule has 0 spiro atoms. The van der Waals surface area contributed by atoms with E-state index in [1.807, 2.05) is 39.9 Å². The van der Waals surface area contributed by atoms with E-state index in [0.717, 1.165) is 23.0 Å². The lowest BCUT2D eigenvalue weighted by atomic mass is 10.1. The predicted octanol–water partition coefficient (Wildman–Crippen LogP) is 2.82. The van der Waals surface area contributed by atoms with Crippen LogP contribution in [0.2, 0.25) is 0 Å². The number of amides is 1. The lowest BCUT2D eigenvalue weighted by molar-refractivity contribution is -0.121. The van der Waals surface area contributed by atoms with E-state index in [1.165, 1.54) is 6.07 Å². The van der Waals surface area contributed by atoms with Gasteiger partial charge in [0.05, 0.1) is 17.9 Å². The number of nitrogens with zero attached hydrogens (tertiary/aromatic N) is 4. The Hall–Kier alpha value is -3.13. The second-order valence-electron chi connectivity index (χ2n) is 7.39. The summed E-state index contributed by atoms with van der Waals surface area (Å²) < 4.78 is 29.3. The summed E-state index contributed by atoms with van der Waals surface area (Å²) in [5.74, 6) is -1.68. The number of halogens is 2. The van der Waals surface area contributed by atoms with Crippen LogP contribution < -0.4 is 5.32 Å². The van der Waals surface area contributed by atoms with Crippen LogP contribution in [0.25, 0.3) is 0 Å². The Bertz CT molecular complexity index is 1020. The fourth-order valence-corrected chi connectivity index (χ4v) is 3.61. The number of hydrogen-bond donors (Lipinski definition) is 1. The Morgan fingerprint density at radius 1 is 1.07 bits per heavy atom. The zero-order chi connectivity index (χ0) is 20.9. The Morgan fingerprint density at radius 2 is 1.90 bits per heavy atom. The molecule has 0 atom stereocenters. The molecule has 1 N–H and O–H groups in total. The molecule has 30 heavy (non-hydrogen) atoms. The van der Waals surface area contributed by atoms with Crippen molar-refractivity contribution in [1.82, 2.24) is 25.2 Å². The van der Waals surface area contributed by atoms with E-state index in [0.29, 0.717) is 51.1 Å². The molecule has 0 bridgehead atoms. The summed E-state index contributed by atoms with van der Waals surface area (Å²) in [7, 11) is 0. The quantitative estimate of drug-likeness (QED) is 0.650. The van der Waals surface area contributed by atoms with Crippen molar-refractivity contribution in [2.75, 3.05) is 6.54 Å². The van der Waals surface area contributed by atoms with Crippen molar-refractivity contribution in [3.8, 4) is 0 Å². The molecule has 6 nitrogen and oxygen atoms in total. The maximum Gasteiger partial charge on any atom is 0.220 e. The monoisotopic (exact) mass is 411 g/mol. The Labute approximate surface area is 173 Å². The molecule has 0 unspecified atom stereocenters. The number of carbonyl (C=O) groups is 1. The van der Waals surface area contributed by atoms with Gasteiger partial charge in [0.2, 0.25) is 5.91 Å². The molecule has 0 aliphatic carbocycles. The van der Waals surface area contributed by atoms with Gasteiger partial charge in [-0.05, 0) is 11.6 Å². The molecule has 2 heterocycles. The molecule has 4 rings (SSSR count). The summed E-state index contributed by atoms with van der Waals surface area (Å²) in [6.07, 6.45) is 0.801. The van der Waals surface area contributed by atoms with Gasteiger partial charge in [0.15, 0.2) is 11.6 Å². The highest BCUT2D eigenvalue weighted by molar-refractivity contribution is 5.76. The molecular formula is C22H23F2N5O. The van der Waals surface area contributed by atoms with Crippen molar-refractivity contribution in [3.05, 3.63) is 82.7 Å². The number of nitrogens with one attached hydrogen (secondary N) is 1. The van der Waals surface area contributed by atoms with Gasteiger partial charge in [-0.1, -0.05) is 47.7 Å². The van der Waals surface area contributed by atoms with Gasteiger partial charge in [-0.15, -0.1) is 5.10 Å². The lowest BCUT2D eigenvalue weighted by Crippen LogP contribution is -2.34. The summed E-state index contributed by atoms with van der Waals surface area (Å²) >= 11 is 0. The molecule has 1 amide bonds. The van der Waals surface area contributed by atoms with Crippen LogP contribution >= 0.6 is 0 Å². The van der Waals surface area contributed by atoms with E-state index in [1.54, 1.807) is 6.07 Å². The fraction of sp³-hybridized carbons (Fsp3) is 0.318. The van der Waals surface area contributed by atoms with Gasteiger partial charge in [-0.2, -0.15) is 0 Å². The first-order chi connectivity index (χ1) is 14.6. The summed E-state index contributed by atoms with van der Waals surface area (Å²) in [5.41, 5.74) is 3.08. The van der Waals surface area contributed by atoms with Crippen molar-refractivity contribution in [1.29, 1.82) is 0 Å². The van der Waals surface area contributed by atoms with Gasteiger partial charge in [0, 0.05) is 44.6 Å². The van der Waals surface area contributed by atoms with Crippen LogP contribution in [-0.4, -0.2) is 32.3 Å². The maximum atomic E-state index is 14.0. The number of benzene rings is 2. The van der Waals surface area contributed by atoms with E-state index in [-0.39, 0.29) is 5.91 Å². The molecule has 1 aliphatic heterocycles. The molecule has 1 aliphatic rings. The third-order valence-corrected chi connectivity index (χ3v) is 5.27. The Kier molecular flexibility index (Phi) is 6.13. The van der Waals surface area contributed by atoms with Crippen molar-refractivity contribution < 1.29 is 13.6 Å². The van der Waals surface area contributed by atoms with Crippen molar-refractivity contribution in [3.63, 3.8) is 0 Å². The van der Waals surface area contributed by atoms with Gasteiger partial charge < -0.3 is 5.32 Å². The number of fused-ring (bicyclic) bond motifs is 1. The highest BCUT2D eigenvalue weighted by Gasteiger charge is 2.23. The van der Waals surface area contributed by atoms with Crippen molar-refractivity contribution in [2.45, 2.75) is 39.0 Å². The van der Waals surface area contributed by atoms with Gasteiger partial charge >= 0.3 is 0 Å². The van der Waals surface area contributed by atoms with Gasteiger partial charge in [-0.25, -0.2) is 13.5 Å². The van der Waals surface area contributed by atoms with Gasteiger partial charge in [0.1, 0.15) is 0 Å². The van der Waals surface area contributed by atoms with Gasteiger partial charge in [-0.3, -0.25) is 9.69 Å². The summed E-state index contributed by atoms with van der Waals surface area (Å²) in [6, 6.07) is 14.0. The van der Waals surface area contributed by atoms with E-state index < -0.39 is 11.6 Å². The van der Waals surface area contributed by atoms with E-state index >= 15 is 0 Å². The average Bonchev–Trinajstić information content (AvgIpc) is 3.17. The van der Waals surface area contributed by atoms with Crippen LogP contribution in [0.3, 0.4) is 0 Å². The van der Waals surface area contributed by atoms with Crippen LogP contribution in [0, 0.1) is 11.6 Å². The third kappa shape index (κ3) is 4.71. The van der Waals surface area contributed by atoms with Crippen molar-refractivity contribution >= 4 is 5.91 Å². The summed E-state index contributed by atoms with van der Waals surface area (Å²) in [4.78, 5) is 14.2. The molecule has 2 aromatic carbocycles. The Morgan fingerprint density at radius 3 is 2.73 bits per heavy atom. The largest absolute Gasteiger partial charge is 0.352 e. The maximum absolute atomic E-state index is 14.0. The first-order valence-corrected chi connectivity index (χ1v) is 9.97. The van der Waals surface area contributed by atoms with Crippen LogP contribution in [0.4, 0.5) is 8.78 Å². The molecule has 0 fully saturated rings. The second-order valence-corrected chi connectivity index (χ2v) is 7.39. The topological polar surface area (TPSA) is 63.1 Å². The minimum absolute atomic E-state index is 0.0462. The Balaban J connectivity index is 1.33. The molecule has 0 radical (unpaired) electrons. The fourth-order valence-electron chi connectivity index (χ4n) is 3.61. The highest BCUT2D eigenvalue weighted by atomic mass is 19.2. The standard InChI is InChI=1S/C22H23F2N5O/c23-18-8-4-7-17(22(18)24)14-28-11-12-29-20(15-28)19(26-27-29)9-10-21(30)25-13-16-5-2-1-3-6-16/h1-8H,9-15H2,(H,25,30). The van der Waals surface area contributed by atoms with E-state index in [4.69, 9.17) is 0 Å². The normalized spacial score (nSPS) is 13.8. The number of aryl methyl sites for hydroxylation is 1. The molecule has 156 valence electrons. The molecular weight excluding hydrogens is 388 g/mol. The van der Waals surface area contributed by atoms with E-state index in [9.17, 15) is 13.6 Å². The van der Waals surface area contributed by atoms with Crippen LogP contribution in [0.5, 0.6) is 0 Å². The van der Waals surface area contributed by atoms with Crippen molar-refractivity contribution in [2.24, 2.45) is 0 Å². The zero-order valence-corrected chi connectivity index (χ0v) is 16.5. The smallest absolute Gasteiger partial charge is 0.220 e. The third-order valence-electron chi connectivity index (χ3n) is 5.27. The van der Waals surface area contributed by atoms with Gasteiger partial charge in [0.25, 0.3) is 0 Å². The number of hydrogen-bond acceptors (Lipinski definition) is 4. The lowest BCUT2D eigenvalue weighted by Gasteiger charge is -2.27. The predicted molar refractivity (Wildman–Crippen MR) is 107 cm³/mol. The summed E-state index contributed by atoms with van der Waals surface area (Å²) in [5, 5.41) is 11.3. The molecule has 0 saturated carbocycles. The minimum Gasteiger partial charge on any atom is -0.352 e. The second kappa shape index (κ2) is 9.13. The SMILES string of the molecule is O=C(CCc1nnn2c1CN(Cc1cccc(F)c1F)CC2)NCc1ccccc1. The van der Waals surface area contributed by atoms with Crippen LogP contribution in [0.1, 0.15) is 28.9 Å². The minimum atomic E-state index is -0.835. The number of rotatable bonds is 7. The highest BCUT2D eigenvalue weighted by Crippen LogP contribution is 2.20.